The number of likely N-dealkylation sites (tertiary alicyclic amines) is 1. The summed E-state index contributed by atoms with van der Waals surface area (Å²) in [6.45, 7) is 1.47. The molecule has 2 unspecified atom stereocenters. The Morgan fingerprint density at radius 1 is 1.39 bits per heavy atom. The van der Waals surface area contributed by atoms with E-state index in [1.54, 1.807) is 0 Å². The molecule has 1 aliphatic rings. The normalized spacial score (nSPS) is 21.9. The van der Waals surface area contributed by atoms with Crippen LogP contribution in [0, 0.1) is 0 Å². The highest BCUT2D eigenvalue weighted by Crippen LogP contribution is 2.23. The number of hydrogen-bond donors (Lipinski definition) is 2. The van der Waals surface area contributed by atoms with Crippen molar-refractivity contribution in [2.45, 2.75) is 24.8 Å². The average molecular weight is 249 g/mol. The first-order valence-corrected chi connectivity index (χ1v) is 6.35. The molecule has 1 fully saturated rings. The van der Waals surface area contributed by atoms with Gasteiger partial charge in [0.25, 0.3) is 0 Å². The van der Waals surface area contributed by atoms with Crippen LogP contribution in [0.4, 0.5) is 0 Å². The molecule has 0 aromatic heterocycles. The second-order valence-electron chi connectivity index (χ2n) is 4.78. The third-order valence-corrected chi connectivity index (χ3v) is 3.63. The van der Waals surface area contributed by atoms with Gasteiger partial charge in [0.2, 0.25) is 0 Å². The first kappa shape index (κ1) is 13.1. The summed E-state index contributed by atoms with van der Waals surface area (Å²) >= 11 is 0. The van der Waals surface area contributed by atoms with Crippen molar-refractivity contribution in [3.63, 3.8) is 0 Å². The third-order valence-electron chi connectivity index (χ3n) is 3.63. The van der Waals surface area contributed by atoms with Gasteiger partial charge in [0, 0.05) is 12.6 Å². The molecule has 4 nitrogen and oxygen atoms in total. The van der Waals surface area contributed by atoms with Crippen LogP contribution in [0.15, 0.2) is 30.3 Å². The Morgan fingerprint density at radius 2 is 2.11 bits per heavy atom. The average Bonchev–Trinajstić information content (AvgIpc) is 2.83. The molecule has 0 amide bonds. The quantitative estimate of drug-likeness (QED) is 0.826. The van der Waals surface area contributed by atoms with Crippen molar-refractivity contribution in [1.82, 2.24) is 4.90 Å². The molecular weight excluding hydrogens is 230 g/mol. The fraction of sp³-hybridized carbons (Fsp3) is 0.500. The lowest BCUT2D eigenvalue weighted by Gasteiger charge is -2.26. The minimum atomic E-state index is -0.801. The van der Waals surface area contributed by atoms with E-state index in [0.29, 0.717) is 6.54 Å². The van der Waals surface area contributed by atoms with Crippen LogP contribution >= 0.6 is 0 Å². The molecule has 2 N–H and O–H groups in total. The predicted octanol–water partition coefficient (Wildman–Crippen LogP) is 1.31. The first-order valence-electron chi connectivity index (χ1n) is 6.35. The largest absolute Gasteiger partial charge is 0.481 e. The number of carbonyl (C=O) groups is 1. The van der Waals surface area contributed by atoms with Gasteiger partial charge in [-0.1, -0.05) is 30.3 Å². The molecule has 2 atom stereocenters. The van der Waals surface area contributed by atoms with Gasteiger partial charge in [-0.25, -0.2) is 0 Å². The molecule has 1 saturated heterocycles. The molecule has 98 valence electrons. The number of aliphatic hydroxyl groups is 1. The number of rotatable bonds is 5. The monoisotopic (exact) mass is 249 g/mol. The third kappa shape index (κ3) is 2.89. The Bertz CT molecular complexity index is 393. The number of aliphatic carboxylic acids is 1. The maximum Gasteiger partial charge on any atom is 0.312 e. The van der Waals surface area contributed by atoms with E-state index < -0.39 is 11.9 Å². The van der Waals surface area contributed by atoms with Crippen molar-refractivity contribution in [1.29, 1.82) is 0 Å². The van der Waals surface area contributed by atoms with E-state index in [1.165, 1.54) is 0 Å². The summed E-state index contributed by atoms with van der Waals surface area (Å²) in [5.74, 6) is -1.32. The molecule has 4 heteroatoms. The summed E-state index contributed by atoms with van der Waals surface area (Å²) in [6.07, 6.45) is 1.99. The van der Waals surface area contributed by atoms with Crippen LogP contribution in [0.3, 0.4) is 0 Å². The van der Waals surface area contributed by atoms with Crippen molar-refractivity contribution in [2.24, 2.45) is 0 Å². The second-order valence-corrected chi connectivity index (χ2v) is 4.78. The Morgan fingerprint density at radius 3 is 2.72 bits per heavy atom. The molecule has 1 aromatic carbocycles. The summed E-state index contributed by atoms with van der Waals surface area (Å²) in [5, 5.41) is 18.6. The van der Waals surface area contributed by atoms with Crippen LogP contribution in [0.2, 0.25) is 0 Å². The van der Waals surface area contributed by atoms with Gasteiger partial charge in [-0.05, 0) is 24.9 Å². The van der Waals surface area contributed by atoms with Crippen LogP contribution < -0.4 is 0 Å². The van der Waals surface area contributed by atoms with E-state index >= 15 is 0 Å². The van der Waals surface area contributed by atoms with Gasteiger partial charge in [-0.3, -0.25) is 9.69 Å². The zero-order valence-corrected chi connectivity index (χ0v) is 10.3. The summed E-state index contributed by atoms with van der Waals surface area (Å²) < 4.78 is 0. The molecule has 1 heterocycles. The smallest absolute Gasteiger partial charge is 0.312 e. The highest BCUT2D eigenvalue weighted by atomic mass is 16.4. The van der Waals surface area contributed by atoms with Gasteiger partial charge < -0.3 is 10.2 Å². The van der Waals surface area contributed by atoms with E-state index in [9.17, 15) is 15.0 Å². The molecule has 18 heavy (non-hydrogen) atoms. The van der Waals surface area contributed by atoms with E-state index in [4.69, 9.17) is 0 Å². The van der Waals surface area contributed by atoms with Crippen LogP contribution in [0.5, 0.6) is 0 Å². The molecule has 0 bridgehead atoms. The van der Waals surface area contributed by atoms with Crippen LogP contribution in [0.25, 0.3) is 0 Å². The first-order chi connectivity index (χ1) is 8.72. The molecule has 0 radical (unpaired) electrons. The number of aliphatic hydroxyl groups excluding tert-OH is 1. The topological polar surface area (TPSA) is 60.8 Å². The Kier molecular flexibility index (Phi) is 4.33. The van der Waals surface area contributed by atoms with Gasteiger partial charge in [-0.2, -0.15) is 0 Å². The van der Waals surface area contributed by atoms with E-state index in [-0.39, 0.29) is 12.6 Å². The van der Waals surface area contributed by atoms with Gasteiger partial charge in [0.15, 0.2) is 0 Å². The Labute approximate surface area is 107 Å². The number of hydrogen-bond acceptors (Lipinski definition) is 3. The number of benzene rings is 1. The molecule has 2 rings (SSSR count). The van der Waals surface area contributed by atoms with Crippen molar-refractivity contribution >= 4 is 5.97 Å². The molecule has 0 aliphatic carbocycles. The second kappa shape index (κ2) is 5.98. The highest BCUT2D eigenvalue weighted by Gasteiger charge is 2.29. The van der Waals surface area contributed by atoms with Gasteiger partial charge in [-0.15, -0.1) is 0 Å². The van der Waals surface area contributed by atoms with Crippen molar-refractivity contribution < 1.29 is 15.0 Å². The standard InChI is InChI=1S/C14H19NO3/c16-10-12-7-4-8-15(12)9-13(14(17)18)11-5-2-1-3-6-11/h1-3,5-6,12-13,16H,4,7-10H2,(H,17,18). The van der Waals surface area contributed by atoms with E-state index in [0.717, 1.165) is 24.9 Å². The van der Waals surface area contributed by atoms with Gasteiger partial charge in [0.05, 0.1) is 12.5 Å². The lowest BCUT2D eigenvalue weighted by Crippen LogP contribution is -2.37. The summed E-state index contributed by atoms with van der Waals surface area (Å²) in [6, 6.07) is 9.42. The molecule has 1 aliphatic heterocycles. The zero-order valence-electron chi connectivity index (χ0n) is 10.3. The zero-order chi connectivity index (χ0) is 13.0. The Hall–Kier alpha value is -1.39. The van der Waals surface area contributed by atoms with Gasteiger partial charge >= 0.3 is 5.97 Å². The minimum Gasteiger partial charge on any atom is -0.481 e. The Balaban J connectivity index is 2.10. The fourth-order valence-corrected chi connectivity index (χ4v) is 2.59. The van der Waals surface area contributed by atoms with Crippen molar-refractivity contribution in [3.8, 4) is 0 Å². The molecule has 0 saturated carbocycles. The predicted molar refractivity (Wildman–Crippen MR) is 68.5 cm³/mol. The van der Waals surface area contributed by atoms with Crippen LogP contribution in [0.1, 0.15) is 24.3 Å². The SMILES string of the molecule is O=C(O)C(CN1CCCC1CO)c1ccccc1. The number of carboxylic acids is 1. The van der Waals surface area contributed by atoms with Crippen LogP contribution in [-0.4, -0.2) is 46.8 Å². The lowest BCUT2D eigenvalue weighted by molar-refractivity contribution is -0.139. The summed E-state index contributed by atoms with van der Waals surface area (Å²) in [4.78, 5) is 13.5. The van der Waals surface area contributed by atoms with E-state index in [1.807, 2.05) is 30.3 Å². The van der Waals surface area contributed by atoms with Crippen LogP contribution in [-0.2, 0) is 4.79 Å². The summed E-state index contributed by atoms with van der Waals surface area (Å²) in [5.41, 5.74) is 0.827. The van der Waals surface area contributed by atoms with E-state index in [2.05, 4.69) is 4.90 Å². The maximum atomic E-state index is 11.4. The van der Waals surface area contributed by atoms with Gasteiger partial charge in [0.1, 0.15) is 0 Å². The molecule has 1 aromatic rings. The maximum absolute atomic E-state index is 11.4. The minimum absolute atomic E-state index is 0.112. The highest BCUT2D eigenvalue weighted by molar-refractivity contribution is 5.76. The number of nitrogens with zero attached hydrogens (tertiary/aromatic N) is 1. The number of carboxylic acid groups (broad SMARTS) is 1. The molecular formula is C14H19NO3. The van der Waals surface area contributed by atoms with Crippen molar-refractivity contribution in [2.75, 3.05) is 19.7 Å². The summed E-state index contributed by atoms with van der Waals surface area (Å²) in [7, 11) is 0. The molecule has 0 spiro atoms. The lowest BCUT2D eigenvalue weighted by atomic mass is 9.98. The fourth-order valence-electron chi connectivity index (χ4n) is 2.59. The van der Waals surface area contributed by atoms with Crippen molar-refractivity contribution in [3.05, 3.63) is 35.9 Å².